The molecule has 3 aromatic rings. The van der Waals surface area contributed by atoms with Crippen molar-refractivity contribution in [1.82, 2.24) is 4.90 Å². The lowest BCUT2D eigenvalue weighted by atomic mass is 10.1. The van der Waals surface area contributed by atoms with E-state index in [1.54, 1.807) is 0 Å². The van der Waals surface area contributed by atoms with Crippen molar-refractivity contribution in [1.29, 1.82) is 0 Å². The second-order valence-electron chi connectivity index (χ2n) is 6.17. The molecule has 26 heavy (non-hydrogen) atoms. The van der Waals surface area contributed by atoms with Gasteiger partial charge < -0.3 is 10.2 Å². The number of fused-ring (bicyclic) bond motifs is 1. The fourth-order valence-corrected chi connectivity index (χ4v) is 3.66. The molecule has 1 amide bonds. The van der Waals surface area contributed by atoms with Crippen LogP contribution in [0.15, 0.2) is 77.3 Å². The number of hydrogen-bond donors (Lipinski definition) is 1. The smallest absolute Gasteiger partial charge is 0.256 e. The van der Waals surface area contributed by atoms with Gasteiger partial charge in [0.05, 0.1) is 0 Å². The third-order valence-corrected chi connectivity index (χ3v) is 5.40. The molecule has 0 fully saturated rings. The maximum absolute atomic E-state index is 13.0. The van der Waals surface area contributed by atoms with E-state index in [1.165, 1.54) is 0 Å². The molecule has 0 bridgehead atoms. The predicted octanol–water partition coefficient (Wildman–Crippen LogP) is 5.87. The van der Waals surface area contributed by atoms with E-state index in [2.05, 4.69) is 21.2 Å². The molecule has 0 saturated carbocycles. The number of carbonyl (C=O) groups excluding carboxylic acids is 1. The molecule has 0 aliphatic carbocycles. The van der Waals surface area contributed by atoms with Crippen LogP contribution in [0.5, 0.6) is 0 Å². The van der Waals surface area contributed by atoms with Crippen LogP contribution >= 0.6 is 27.5 Å². The molecule has 0 saturated heterocycles. The summed E-state index contributed by atoms with van der Waals surface area (Å²) >= 11 is 9.77. The van der Waals surface area contributed by atoms with Gasteiger partial charge in [0.25, 0.3) is 5.91 Å². The first-order valence-electron chi connectivity index (χ1n) is 8.29. The minimum absolute atomic E-state index is 0.00938. The van der Waals surface area contributed by atoms with Crippen LogP contribution in [-0.4, -0.2) is 10.8 Å². The van der Waals surface area contributed by atoms with Crippen LogP contribution in [-0.2, 0) is 6.54 Å². The van der Waals surface area contributed by atoms with Crippen molar-refractivity contribution in [3.05, 3.63) is 99.0 Å². The Bertz CT molecular complexity index is 958. The number of nitrogens with zero attached hydrogens (tertiary/aromatic N) is 1. The van der Waals surface area contributed by atoms with Gasteiger partial charge in [0.15, 0.2) is 0 Å². The Morgan fingerprint density at radius 2 is 1.65 bits per heavy atom. The minimum atomic E-state index is -0.240. The number of halogens is 2. The first-order valence-corrected chi connectivity index (χ1v) is 9.46. The van der Waals surface area contributed by atoms with E-state index >= 15 is 0 Å². The topological polar surface area (TPSA) is 32.3 Å². The molecule has 130 valence electrons. The second-order valence-corrected chi connectivity index (χ2v) is 7.49. The summed E-state index contributed by atoms with van der Waals surface area (Å²) < 4.78 is 1.01. The molecule has 1 unspecified atom stereocenters. The maximum atomic E-state index is 13.0. The van der Waals surface area contributed by atoms with Crippen LogP contribution < -0.4 is 5.32 Å². The summed E-state index contributed by atoms with van der Waals surface area (Å²) in [5.74, 6) is 0.00938. The molecular formula is C21H16BrClN2O. The summed E-state index contributed by atoms with van der Waals surface area (Å²) in [6.45, 7) is 0.446. The summed E-state index contributed by atoms with van der Waals surface area (Å²) in [6.07, 6.45) is -0.240. The van der Waals surface area contributed by atoms with Gasteiger partial charge in [-0.25, -0.2) is 0 Å². The number of amides is 1. The fraction of sp³-hybridized carbons (Fsp3) is 0.0952. The van der Waals surface area contributed by atoms with Gasteiger partial charge in [-0.2, -0.15) is 0 Å². The summed E-state index contributed by atoms with van der Waals surface area (Å²) in [5.41, 5.74) is 3.59. The zero-order valence-electron chi connectivity index (χ0n) is 13.8. The average Bonchev–Trinajstić information content (AvgIpc) is 2.91. The van der Waals surface area contributed by atoms with Gasteiger partial charge in [-0.3, -0.25) is 4.79 Å². The third-order valence-electron chi connectivity index (χ3n) is 4.50. The number of anilines is 1. The minimum Gasteiger partial charge on any atom is -0.361 e. The molecule has 0 radical (unpaired) electrons. The summed E-state index contributed by atoms with van der Waals surface area (Å²) in [7, 11) is 0. The number of hydrogen-bond acceptors (Lipinski definition) is 2. The summed E-state index contributed by atoms with van der Waals surface area (Å²) in [6, 6.07) is 23.3. The molecule has 5 heteroatoms. The van der Waals surface area contributed by atoms with E-state index in [4.69, 9.17) is 11.6 Å². The molecule has 1 aliphatic rings. The van der Waals surface area contributed by atoms with Gasteiger partial charge in [0, 0.05) is 32.9 Å². The lowest BCUT2D eigenvalue weighted by Gasteiger charge is -2.27. The highest BCUT2D eigenvalue weighted by atomic mass is 79.9. The van der Waals surface area contributed by atoms with Crippen molar-refractivity contribution >= 4 is 39.1 Å². The SMILES string of the molecule is O=C1c2ccccc2C(Nc2ccc(Br)cc2)N1Cc1ccccc1Cl. The highest BCUT2D eigenvalue weighted by Gasteiger charge is 2.36. The molecular weight excluding hydrogens is 412 g/mol. The van der Waals surface area contributed by atoms with Crippen LogP contribution in [0, 0.1) is 0 Å². The Balaban J connectivity index is 1.70. The molecule has 0 spiro atoms. The molecule has 1 aliphatic heterocycles. The van der Waals surface area contributed by atoms with E-state index in [-0.39, 0.29) is 12.1 Å². The van der Waals surface area contributed by atoms with E-state index in [0.29, 0.717) is 11.6 Å². The summed E-state index contributed by atoms with van der Waals surface area (Å²) in [5, 5.41) is 4.15. The van der Waals surface area contributed by atoms with E-state index in [1.807, 2.05) is 77.7 Å². The number of rotatable bonds is 4. The molecule has 0 aromatic heterocycles. The van der Waals surface area contributed by atoms with Crippen molar-refractivity contribution in [2.24, 2.45) is 0 Å². The Labute approximate surface area is 165 Å². The zero-order valence-corrected chi connectivity index (χ0v) is 16.2. The summed E-state index contributed by atoms with van der Waals surface area (Å²) in [4.78, 5) is 14.8. The highest BCUT2D eigenvalue weighted by molar-refractivity contribution is 9.10. The van der Waals surface area contributed by atoms with Gasteiger partial charge in [0.1, 0.15) is 6.17 Å². The number of carbonyl (C=O) groups is 1. The average molecular weight is 428 g/mol. The van der Waals surface area contributed by atoms with Gasteiger partial charge in [-0.1, -0.05) is 63.9 Å². The highest BCUT2D eigenvalue weighted by Crippen LogP contribution is 2.36. The molecule has 4 rings (SSSR count). The molecule has 1 atom stereocenters. The Morgan fingerprint density at radius 1 is 0.962 bits per heavy atom. The largest absolute Gasteiger partial charge is 0.361 e. The number of nitrogens with one attached hydrogen (secondary N) is 1. The Kier molecular flexibility index (Phi) is 4.70. The molecule has 3 aromatic carbocycles. The van der Waals surface area contributed by atoms with Gasteiger partial charge in [-0.05, 0) is 42.0 Å². The predicted molar refractivity (Wildman–Crippen MR) is 108 cm³/mol. The third kappa shape index (κ3) is 3.22. The van der Waals surface area contributed by atoms with Gasteiger partial charge >= 0.3 is 0 Å². The van der Waals surface area contributed by atoms with Crippen LogP contribution in [0.2, 0.25) is 5.02 Å². The van der Waals surface area contributed by atoms with Crippen molar-refractivity contribution in [2.75, 3.05) is 5.32 Å². The first kappa shape index (κ1) is 17.1. The second kappa shape index (κ2) is 7.14. The molecule has 1 N–H and O–H groups in total. The van der Waals surface area contributed by atoms with Crippen molar-refractivity contribution < 1.29 is 4.79 Å². The van der Waals surface area contributed by atoms with Gasteiger partial charge in [-0.15, -0.1) is 0 Å². The van der Waals surface area contributed by atoms with Crippen molar-refractivity contribution in [2.45, 2.75) is 12.7 Å². The van der Waals surface area contributed by atoms with Crippen LogP contribution in [0.25, 0.3) is 0 Å². The van der Waals surface area contributed by atoms with Crippen LogP contribution in [0.1, 0.15) is 27.7 Å². The molecule has 3 nitrogen and oxygen atoms in total. The lowest BCUT2D eigenvalue weighted by Crippen LogP contribution is -2.32. The van der Waals surface area contributed by atoms with E-state index in [0.717, 1.165) is 26.9 Å². The van der Waals surface area contributed by atoms with E-state index < -0.39 is 0 Å². The Hall–Kier alpha value is -2.30. The van der Waals surface area contributed by atoms with Crippen molar-refractivity contribution in [3.63, 3.8) is 0 Å². The van der Waals surface area contributed by atoms with Gasteiger partial charge in [0.2, 0.25) is 0 Å². The monoisotopic (exact) mass is 426 g/mol. The maximum Gasteiger partial charge on any atom is 0.256 e. The lowest BCUT2D eigenvalue weighted by molar-refractivity contribution is 0.0729. The Morgan fingerprint density at radius 3 is 2.42 bits per heavy atom. The quantitative estimate of drug-likeness (QED) is 0.565. The van der Waals surface area contributed by atoms with Crippen LogP contribution in [0.3, 0.4) is 0 Å². The first-order chi connectivity index (χ1) is 12.6. The van der Waals surface area contributed by atoms with Crippen molar-refractivity contribution in [3.8, 4) is 0 Å². The van der Waals surface area contributed by atoms with E-state index in [9.17, 15) is 4.79 Å². The fourth-order valence-electron chi connectivity index (χ4n) is 3.20. The normalized spacial score (nSPS) is 15.8. The zero-order chi connectivity index (χ0) is 18.1. The van der Waals surface area contributed by atoms with Crippen LogP contribution in [0.4, 0.5) is 5.69 Å². The number of benzene rings is 3. The molecule has 1 heterocycles. The standard InChI is InChI=1S/C21H16BrClN2O/c22-15-9-11-16(12-10-15)24-20-17-6-2-3-7-18(17)21(26)25(20)13-14-5-1-4-8-19(14)23/h1-12,20,24H,13H2.